The molecule has 0 aliphatic heterocycles. The minimum atomic E-state index is -4.76. The van der Waals surface area contributed by atoms with E-state index in [1.165, 1.54) is 6.07 Å². The molecule has 0 spiro atoms. The summed E-state index contributed by atoms with van der Waals surface area (Å²) in [7, 11) is 0. The van der Waals surface area contributed by atoms with Crippen molar-refractivity contribution in [3.8, 4) is 0 Å². The maximum atomic E-state index is 13.3. The number of hydrogen-bond donors (Lipinski definition) is 1. The molecule has 0 saturated carbocycles. The zero-order valence-electron chi connectivity index (χ0n) is 11.0. The maximum absolute atomic E-state index is 13.3. The second-order valence-electron chi connectivity index (χ2n) is 4.78. The first-order chi connectivity index (χ1) is 9.68. The van der Waals surface area contributed by atoms with E-state index in [-0.39, 0.29) is 5.56 Å². The van der Waals surface area contributed by atoms with E-state index in [2.05, 4.69) is 0 Å². The first kappa shape index (κ1) is 15.8. The zero-order valence-corrected chi connectivity index (χ0v) is 11.8. The third-order valence-corrected chi connectivity index (χ3v) is 3.30. The molecular formula is C15H12ClF4N. The summed E-state index contributed by atoms with van der Waals surface area (Å²) >= 11 is 5.92. The summed E-state index contributed by atoms with van der Waals surface area (Å²) in [6.45, 7) is 1.80. The van der Waals surface area contributed by atoms with Crippen LogP contribution in [0.4, 0.5) is 17.6 Å². The second kappa shape index (κ2) is 5.66. The minimum absolute atomic E-state index is 0.172. The van der Waals surface area contributed by atoms with Crippen molar-refractivity contribution in [1.82, 2.24) is 0 Å². The highest BCUT2D eigenvalue weighted by Crippen LogP contribution is 2.34. The van der Waals surface area contributed by atoms with E-state index in [1.54, 1.807) is 25.1 Å². The van der Waals surface area contributed by atoms with Crippen LogP contribution in [0.1, 0.15) is 28.3 Å². The molecular weight excluding hydrogens is 306 g/mol. The van der Waals surface area contributed by atoms with Crippen LogP contribution in [0.25, 0.3) is 0 Å². The number of hydrogen-bond acceptors (Lipinski definition) is 1. The highest BCUT2D eigenvalue weighted by atomic mass is 35.5. The standard InChI is InChI=1S/C15H12ClF4N/c1-8-4-10(6-11(16)5-8)14(21)9-2-3-13(17)12(7-9)15(18,19)20/h2-7,14H,21H2,1H3. The Morgan fingerprint density at radius 2 is 1.71 bits per heavy atom. The van der Waals surface area contributed by atoms with Gasteiger partial charge in [-0.25, -0.2) is 4.39 Å². The average Bonchev–Trinajstić information content (AvgIpc) is 2.36. The molecule has 0 aliphatic carbocycles. The van der Waals surface area contributed by atoms with Crippen LogP contribution < -0.4 is 5.73 Å². The molecule has 2 aromatic carbocycles. The van der Waals surface area contributed by atoms with Crippen LogP contribution in [0.3, 0.4) is 0 Å². The Bertz CT molecular complexity index is 647. The van der Waals surface area contributed by atoms with Crippen molar-refractivity contribution in [2.24, 2.45) is 5.73 Å². The molecule has 2 rings (SSSR count). The minimum Gasteiger partial charge on any atom is -0.320 e. The lowest BCUT2D eigenvalue weighted by molar-refractivity contribution is -0.140. The molecule has 0 fully saturated rings. The van der Waals surface area contributed by atoms with Crippen molar-refractivity contribution in [1.29, 1.82) is 0 Å². The molecule has 0 saturated heterocycles. The SMILES string of the molecule is Cc1cc(Cl)cc(C(N)c2ccc(F)c(C(F)(F)F)c2)c1. The van der Waals surface area contributed by atoms with Gasteiger partial charge in [-0.1, -0.05) is 23.7 Å². The van der Waals surface area contributed by atoms with Crippen molar-refractivity contribution in [2.45, 2.75) is 19.1 Å². The number of benzene rings is 2. The first-order valence-corrected chi connectivity index (χ1v) is 6.45. The van der Waals surface area contributed by atoms with E-state index in [9.17, 15) is 17.6 Å². The number of aryl methyl sites for hydroxylation is 1. The molecule has 6 heteroatoms. The fraction of sp³-hybridized carbons (Fsp3) is 0.200. The molecule has 0 bridgehead atoms. The maximum Gasteiger partial charge on any atom is 0.419 e. The largest absolute Gasteiger partial charge is 0.419 e. The van der Waals surface area contributed by atoms with Crippen LogP contribution in [0.5, 0.6) is 0 Å². The van der Waals surface area contributed by atoms with Gasteiger partial charge in [0.1, 0.15) is 5.82 Å². The summed E-state index contributed by atoms with van der Waals surface area (Å²) in [5.74, 6) is -1.32. The van der Waals surface area contributed by atoms with Gasteiger partial charge in [-0.05, 0) is 47.9 Å². The Labute approximate surface area is 124 Å². The van der Waals surface area contributed by atoms with Gasteiger partial charge in [-0.2, -0.15) is 13.2 Å². The van der Waals surface area contributed by atoms with E-state index >= 15 is 0 Å². The zero-order chi connectivity index (χ0) is 15.8. The van der Waals surface area contributed by atoms with Crippen molar-refractivity contribution in [2.75, 3.05) is 0 Å². The third-order valence-electron chi connectivity index (χ3n) is 3.08. The third kappa shape index (κ3) is 3.54. The monoisotopic (exact) mass is 317 g/mol. The molecule has 1 unspecified atom stereocenters. The highest BCUT2D eigenvalue weighted by Gasteiger charge is 2.34. The Hall–Kier alpha value is -1.59. The van der Waals surface area contributed by atoms with E-state index < -0.39 is 23.6 Å². The van der Waals surface area contributed by atoms with Crippen LogP contribution in [-0.4, -0.2) is 0 Å². The summed E-state index contributed by atoms with van der Waals surface area (Å²) < 4.78 is 51.4. The Morgan fingerprint density at radius 1 is 1.05 bits per heavy atom. The van der Waals surface area contributed by atoms with Crippen LogP contribution in [0.15, 0.2) is 36.4 Å². The highest BCUT2D eigenvalue weighted by molar-refractivity contribution is 6.30. The predicted octanol–water partition coefficient (Wildman–Crippen LogP) is 4.85. The molecule has 21 heavy (non-hydrogen) atoms. The van der Waals surface area contributed by atoms with Crippen LogP contribution >= 0.6 is 11.6 Å². The average molecular weight is 318 g/mol. The quantitative estimate of drug-likeness (QED) is 0.787. The summed E-state index contributed by atoms with van der Waals surface area (Å²) in [4.78, 5) is 0. The molecule has 0 aromatic heterocycles. The van der Waals surface area contributed by atoms with Gasteiger partial charge in [0.25, 0.3) is 0 Å². The first-order valence-electron chi connectivity index (χ1n) is 6.08. The van der Waals surface area contributed by atoms with Crippen molar-refractivity contribution >= 4 is 11.6 Å². The molecule has 1 atom stereocenters. The number of rotatable bonds is 2. The molecule has 2 N–H and O–H groups in total. The molecule has 112 valence electrons. The fourth-order valence-corrected chi connectivity index (χ4v) is 2.39. The summed E-state index contributed by atoms with van der Waals surface area (Å²) in [6, 6.07) is 6.95. The van der Waals surface area contributed by atoms with Gasteiger partial charge in [0.05, 0.1) is 11.6 Å². The van der Waals surface area contributed by atoms with E-state index in [1.807, 2.05) is 0 Å². The van der Waals surface area contributed by atoms with E-state index in [0.717, 1.165) is 17.7 Å². The van der Waals surface area contributed by atoms with Crippen molar-refractivity contribution in [3.05, 3.63) is 69.5 Å². The smallest absolute Gasteiger partial charge is 0.320 e. The van der Waals surface area contributed by atoms with Gasteiger partial charge in [0, 0.05) is 5.02 Å². The lowest BCUT2D eigenvalue weighted by Crippen LogP contribution is -2.15. The molecule has 1 nitrogen and oxygen atoms in total. The molecule has 0 heterocycles. The Balaban J connectivity index is 2.46. The Morgan fingerprint density at radius 3 is 2.29 bits per heavy atom. The van der Waals surface area contributed by atoms with Gasteiger partial charge < -0.3 is 5.73 Å². The van der Waals surface area contributed by atoms with Gasteiger partial charge in [0.15, 0.2) is 0 Å². The molecule has 2 aromatic rings. The van der Waals surface area contributed by atoms with Crippen LogP contribution in [-0.2, 0) is 6.18 Å². The predicted molar refractivity (Wildman–Crippen MR) is 73.6 cm³/mol. The number of alkyl halides is 3. The lowest BCUT2D eigenvalue weighted by Gasteiger charge is -2.16. The van der Waals surface area contributed by atoms with E-state index in [4.69, 9.17) is 17.3 Å². The number of nitrogens with two attached hydrogens (primary N) is 1. The van der Waals surface area contributed by atoms with Gasteiger partial charge in [-0.3, -0.25) is 0 Å². The summed E-state index contributed by atoms with van der Waals surface area (Å²) in [5, 5.41) is 0.443. The second-order valence-corrected chi connectivity index (χ2v) is 5.21. The lowest BCUT2D eigenvalue weighted by atomic mass is 9.96. The van der Waals surface area contributed by atoms with Crippen molar-refractivity contribution < 1.29 is 17.6 Å². The summed E-state index contributed by atoms with van der Waals surface area (Å²) in [5.41, 5.74) is 6.22. The van der Waals surface area contributed by atoms with Crippen molar-refractivity contribution in [3.63, 3.8) is 0 Å². The number of halogens is 5. The fourth-order valence-electron chi connectivity index (χ4n) is 2.09. The Kier molecular flexibility index (Phi) is 4.25. The van der Waals surface area contributed by atoms with Gasteiger partial charge in [-0.15, -0.1) is 0 Å². The summed E-state index contributed by atoms with van der Waals surface area (Å²) in [6.07, 6.45) is -4.76. The van der Waals surface area contributed by atoms with Crippen LogP contribution in [0, 0.1) is 12.7 Å². The van der Waals surface area contributed by atoms with Gasteiger partial charge in [0.2, 0.25) is 0 Å². The molecule has 0 amide bonds. The normalized spacial score (nSPS) is 13.3. The van der Waals surface area contributed by atoms with E-state index in [0.29, 0.717) is 10.6 Å². The van der Waals surface area contributed by atoms with Gasteiger partial charge >= 0.3 is 6.18 Å². The molecule has 0 radical (unpaired) electrons. The van der Waals surface area contributed by atoms with Crippen LogP contribution in [0.2, 0.25) is 5.02 Å². The topological polar surface area (TPSA) is 26.0 Å². The molecule has 0 aliphatic rings.